The third kappa shape index (κ3) is 4.02. The molecule has 0 bridgehead atoms. The van der Waals surface area contributed by atoms with Crippen molar-refractivity contribution in [1.82, 2.24) is 15.1 Å². The zero-order chi connectivity index (χ0) is 16.9. The highest BCUT2D eigenvalue weighted by molar-refractivity contribution is 5.84. The van der Waals surface area contributed by atoms with E-state index in [4.69, 9.17) is 0 Å². The van der Waals surface area contributed by atoms with Crippen LogP contribution < -0.4 is 5.32 Å². The molecule has 2 heterocycles. The van der Waals surface area contributed by atoms with Gasteiger partial charge in [0.15, 0.2) is 0 Å². The molecule has 0 aromatic heterocycles. The average molecular weight is 337 g/mol. The van der Waals surface area contributed by atoms with Crippen LogP contribution in [-0.4, -0.2) is 65.2 Å². The predicted molar refractivity (Wildman–Crippen MR) is 91.5 cm³/mol. The van der Waals surface area contributed by atoms with E-state index in [0.717, 1.165) is 71.0 Å². The summed E-state index contributed by atoms with van der Waals surface area (Å²) in [5.41, 5.74) is 0. The molecule has 6 heteroatoms. The topological polar surface area (TPSA) is 72.9 Å². The Bertz CT molecular complexity index is 451. The fraction of sp³-hybridized carbons (Fsp3) is 0.889. The van der Waals surface area contributed by atoms with E-state index in [1.807, 2.05) is 9.80 Å². The van der Waals surface area contributed by atoms with Crippen LogP contribution in [0.1, 0.15) is 57.8 Å². The Labute approximate surface area is 144 Å². The summed E-state index contributed by atoms with van der Waals surface area (Å²) in [6.45, 7) is 2.46. The zero-order valence-electron chi connectivity index (χ0n) is 14.6. The zero-order valence-corrected chi connectivity index (χ0v) is 14.6. The minimum Gasteiger partial charge on any atom is -0.393 e. The van der Waals surface area contributed by atoms with Gasteiger partial charge in [0.05, 0.1) is 12.6 Å². The van der Waals surface area contributed by atoms with Gasteiger partial charge >= 0.3 is 6.03 Å². The maximum Gasteiger partial charge on any atom is 0.318 e. The van der Waals surface area contributed by atoms with Gasteiger partial charge in [0, 0.05) is 31.6 Å². The third-order valence-electron chi connectivity index (χ3n) is 5.94. The molecule has 0 aromatic rings. The minimum absolute atomic E-state index is 0.0245. The first-order valence-corrected chi connectivity index (χ1v) is 9.67. The molecule has 3 amide bonds. The lowest BCUT2D eigenvalue weighted by molar-refractivity contribution is -0.131. The maximum absolute atomic E-state index is 12.6. The van der Waals surface area contributed by atoms with Crippen LogP contribution >= 0.6 is 0 Å². The number of aliphatic hydroxyl groups excluding tert-OH is 1. The molecular weight excluding hydrogens is 306 g/mol. The van der Waals surface area contributed by atoms with Gasteiger partial charge < -0.3 is 20.2 Å². The fourth-order valence-electron chi connectivity index (χ4n) is 4.59. The van der Waals surface area contributed by atoms with E-state index in [2.05, 4.69) is 5.32 Å². The number of nitrogens with zero attached hydrogens (tertiary/aromatic N) is 2. The Morgan fingerprint density at radius 1 is 0.917 bits per heavy atom. The van der Waals surface area contributed by atoms with Crippen LogP contribution in [0.2, 0.25) is 0 Å². The van der Waals surface area contributed by atoms with Crippen molar-refractivity contribution >= 4 is 11.9 Å². The van der Waals surface area contributed by atoms with Crippen LogP contribution in [0.3, 0.4) is 0 Å². The van der Waals surface area contributed by atoms with E-state index in [1.54, 1.807) is 0 Å². The van der Waals surface area contributed by atoms with E-state index in [1.165, 1.54) is 6.42 Å². The third-order valence-corrected chi connectivity index (χ3v) is 5.94. The Kier molecular flexibility index (Phi) is 5.98. The lowest BCUT2D eigenvalue weighted by atomic mass is 9.80. The number of hydrogen-bond donors (Lipinski definition) is 2. The summed E-state index contributed by atoms with van der Waals surface area (Å²) in [5, 5.41) is 13.1. The maximum atomic E-state index is 12.6. The largest absolute Gasteiger partial charge is 0.393 e. The first-order valence-electron chi connectivity index (χ1n) is 9.67. The van der Waals surface area contributed by atoms with E-state index in [-0.39, 0.29) is 36.5 Å². The molecule has 1 aliphatic carbocycles. The average Bonchev–Trinajstić information content (AvgIpc) is 3.10. The first-order chi connectivity index (χ1) is 11.7. The number of urea groups is 1. The molecule has 2 saturated heterocycles. The van der Waals surface area contributed by atoms with Gasteiger partial charge in [-0.15, -0.1) is 0 Å². The lowest BCUT2D eigenvalue weighted by Crippen LogP contribution is -2.51. The van der Waals surface area contributed by atoms with Crippen molar-refractivity contribution in [2.75, 3.05) is 26.2 Å². The van der Waals surface area contributed by atoms with Crippen molar-refractivity contribution < 1.29 is 14.7 Å². The van der Waals surface area contributed by atoms with Gasteiger partial charge in [-0.2, -0.15) is 0 Å². The van der Waals surface area contributed by atoms with Crippen molar-refractivity contribution in [2.45, 2.75) is 69.9 Å². The van der Waals surface area contributed by atoms with Crippen molar-refractivity contribution in [3.05, 3.63) is 0 Å². The van der Waals surface area contributed by atoms with Gasteiger partial charge in [-0.3, -0.25) is 4.79 Å². The molecule has 3 rings (SSSR count). The summed E-state index contributed by atoms with van der Waals surface area (Å²) < 4.78 is 0. The standard InChI is InChI=1S/C18H31N3O3/c22-16-9-3-2-7-14(16)15-8-6-12-21(15)18(24)19-13-17(23)20-10-4-1-5-11-20/h14-16,22H,1-13H2,(H,19,24)/t14-,15+,16-/m0/s1. The van der Waals surface area contributed by atoms with Gasteiger partial charge in [0.2, 0.25) is 5.91 Å². The van der Waals surface area contributed by atoms with Crippen LogP contribution in [0, 0.1) is 5.92 Å². The molecule has 1 saturated carbocycles. The SMILES string of the molecule is O=C(CNC(=O)N1CCC[C@@H]1[C@@H]1CCCC[C@@H]1O)N1CCCCC1. The molecule has 3 fully saturated rings. The fourth-order valence-corrected chi connectivity index (χ4v) is 4.59. The van der Waals surface area contributed by atoms with Crippen LogP contribution in [0.25, 0.3) is 0 Å². The van der Waals surface area contributed by atoms with Gasteiger partial charge in [-0.25, -0.2) is 4.79 Å². The summed E-state index contributed by atoms with van der Waals surface area (Å²) >= 11 is 0. The number of rotatable bonds is 3. The number of hydrogen-bond acceptors (Lipinski definition) is 3. The van der Waals surface area contributed by atoms with Gasteiger partial charge in [0.25, 0.3) is 0 Å². The molecule has 24 heavy (non-hydrogen) atoms. The number of likely N-dealkylation sites (tertiary alicyclic amines) is 2. The molecule has 3 aliphatic rings. The second-order valence-corrected chi connectivity index (χ2v) is 7.52. The molecule has 2 N–H and O–H groups in total. The van der Waals surface area contributed by atoms with Crippen LogP contribution in [-0.2, 0) is 4.79 Å². The van der Waals surface area contributed by atoms with E-state index >= 15 is 0 Å². The Balaban J connectivity index is 1.50. The highest BCUT2D eigenvalue weighted by Gasteiger charge is 2.39. The highest BCUT2D eigenvalue weighted by Crippen LogP contribution is 2.34. The predicted octanol–water partition coefficient (Wildman–Crippen LogP) is 1.72. The number of amides is 3. The minimum atomic E-state index is -0.285. The smallest absolute Gasteiger partial charge is 0.318 e. The summed E-state index contributed by atoms with van der Waals surface area (Å²) in [5.74, 6) is 0.223. The molecular formula is C18H31N3O3. The lowest BCUT2D eigenvalue weighted by Gasteiger charge is -2.37. The molecule has 136 valence electrons. The van der Waals surface area contributed by atoms with Crippen LogP contribution in [0.15, 0.2) is 0 Å². The Morgan fingerprint density at radius 3 is 2.42 bits per heavy atom. The molecule has 0 spiro atoms. The Morgan fingerprint density at radius 2 is 1.67 bits per heavy atom. The molecule has 3 atom stereocenters. The second-order valence-electron chi connectivity index (χ2n) is 7.52. The summed E-state index contributed by atoms with van der Waals surface area (Å²) in [7, 11) is 0. The van der Waals surface area contributed by atoms with E-state index in [9.17, 15) is 14.7 Å². The van der Waals surface area contributed by atoms with Crippen molar-refractivity contribution in [3.63, 3.8) is 0 Å². The van der Waals surface area contributed by atoms with Crippen molar-refractivity contribution in [2.24, 2.45) is 5.92 Å². The quantitative estimate of drug-likeness (QED) is 0.824. The Hall–Kier alpha value is -1.30. The molecule has 0 unspecified atom stereocenters. The summed E-state index contributed by atoms with van der Waals surface area (Å²) in [6.07, 6.45) is 9.06. The number of piperidine rings is 1. The summed E-state index contributed by atoms with van der Waals surface area (Å²) in [4.78, 5) is 28.5. The van der Waals surface area contributed by atoms with Gasteiger partial charge in [-0.05, 0) is 44.9 Å². The monoisotopic (exact) mass is 337 g/mol. The number of nitrogens with one attached hydrogen (secondary N) is 1. The molecule has 0 aromatic carbocycles. The number of carbonyl (C=O) groups excluding carboxylic acids is 2. The number of carbonyl (C=O) groups is 2. The molecule has 6 nitrogen and oxygen atoms in total. The van der Waals surface area contributed by atoms with Crippen molar-refractivity contribution in [3.8, 4) is 0 Å². The highest BCUT2D eigenvalue weighted by atomic mass is 16.3. The van der Waals surface area contributed by atoms with Gasteiger partial charge in [-0.1, -0.05) is 12.8 Å². The van der Waals surface area contributed by atoms with E-state index in [0.29, 0.717) is 0 Å². The summed E-state index contributed by atoms with van der Waals surface area (Å²) in [6, 6.07) is -0.00831. The van der Waals surface area contributed by atoms with E-state index < -0.39 is 0 Å². The second kappa shape index (κ2) is 8.19. The molecule has 2 aliphatic heterocycles. The normalized spacial score (nSPS) is 31.1. The van der Waals surface area contributed by atoms with Crippen molar-refractivity contribution in [1.29, 1.82) is 0 Å². The number of aliphatic hydroxyl groups is 1. The van der Waals surface area contributed by atoms with Gasteiger partial charge in [0.1, 0.15) is 0 Å². The van der Waals surface area contributed by atoms with Crippen LogP contribution in [0.4, 0.5) is 4.79 Å². The van der Waals surface area contributed by atoms with Crippen LogP contribution in [0.5, 0.6) is 0 Å². The molecule has 0 radical (unpaired) electrons. The first kappa shape index (κ1) is 17.5.